The molecule has 2 fully saturated rings. The van der Waals surface area contributed by atoms with Crippen molar-refractivity contribution in [2.75, 3.05) is 39.5 Å². The zero-order valence-corrected chi connectivity index (χ0v) is 15.5. The first-order valence-electron chi connectivity index (χ1n) is 9.13. The zero-order chi connectivity index (χ0) is 17.9. The van der Waals surface area contributed by atoms with Gasteiger partial charge in [-0.1, -0.05) is 26.0 Å². The van der Waals surface area contributed by atoms with Crippen LogP contribution >= 0.6 is 0 Å². The van der Waals surface area contributed by atoms with E-state index in [1.54, 1.807) is 0 Å². The lowest BCUT2D eigenvalue weighted by atomic mass is 9.95. The molecule has 0 bridgehead atoms. The van der Waals surface area contributed by atoms with Gasteiger partial charge >= 0.3 is 0 Å². The minimum Gasteiger partial charge on any atom is -0.389 e. The van der Waals surface area contributed by atoms with Crippen LogP contribution in [0.25, 0.3) is 0 Å². The van der Waals surface area contributed by atoms with Crippen molar-refractivity contribution in [3.63, 3.8) is 0 Å². The largest absolute Gasteiger partial charge is 0.389 e. The van der Waals surface area contributed by atoms with Crippen molar-refractivity contribution in [2.45, 2.75) is 52.1 Å². The van der Waals surface area contributed by atoms with E-state index in [1.807, 2.05) is 10.9 Å². The van der Waals surface area contributed by atoms with Gasteiger partial charge in [-0.05, 0) is 5.41 Å². The number of aliphatic hydroxyl groups excluding tert-OH is 1. The van der Waals surface area contributed by atoms with Gasteiger partial charge in [0.25, 0.3) is 0 Å². The molecule has 8 nitrogen and oxygen atoms in total. The van der Waals surface area contributed by atoms with Gasteiger partial charge in [-0.25, -0.2) is 4.68 Å². The van der Waals surface area contributed by atoms with Crippen molar-refractivity contribution in [3.05, 3.63) is 11.9 Å². The topological polar surface area (TPSA) is 84.7 Å². The zero-order valence-electron chi connectivity index (χ0n) is 15.5. The molecular formula is C17H31N5O3. The van der Waals surface area contributed by atoms with Crippen LogP contribution in [0.5, 0.6) is 0 Å². The van der Waals surface area contributed by atoms with Crippen LogP contribution < -0.4 is 5.32 Å². The molecule has 0 aromatic carbocycles. The van der Waals surface area contributed by atoms with Crippen LogP contribution in [0.4, 0.5) is 0 Å². The molecule has 0 amide bonds. The smallest absolute Gasteiger partial charge is 0.0967 e. The maximum Gasteiger partial charge on any atom is 0.0967 e. The minimum atomic E-state index is -0.483. The molecule has 1 aromatic rings. The lowest BCUT2D eigenvalue weighted by Gasteiger charge is -2.26. The number of aromatic nitrogens is 3. The van der Waals surface area contributed by atoms with Crippen molar-refractivity contribution in [1.82, 2.24) is 25.2 Å². The summed E-state index contributed by atoms with van der Waals surface area (Å²) < 4.78 is 13.0. The van der Waals surface area contributed by atoms with Crippen molar-refractivity contribution in [2.24, 2.45) is 5.41 Å². The Labute approximate surface area is 149 Å². The molecule has 142 valence electrons. The Hall–Kier alpha value is -1.06. The first-order valence-corrected chi connectivity index (χ1v) is 9.13. The molecule has 3 heterocycles. The predicted molar refractivity (Wildman–Crippen MR) is 93.1 cm³/mol. The highest BCUT2D eigenvalue weighted by Crippen LogP contribution is 2.19. The van der Waals surface area contributed by atoms with Gasteiger partial charge in [0.2, 0.25) is 0 Å². The van der Waals surface area contributed by atoms with Crippen molar-refractivity contribution in [3.8, 4) is 0 Å². The average molecular weight is 353 g/mol. The van der Waals surface area contributed by atoms with Gasteiger partial charge in [0.15, 0.2) is 0 Å². The number of hydrogen-bond acceptors (Lipinski definition) is 7. The third-order valence-corrected chi connectivity index (χ3v) is 4.61. The van der Waals surface area contributed by atoms with Crippen molar-refractivity contribution < 1.29 is 14.6 Å². The fourth-order valence-corrected chi connectivity index (χ4v) is 3.21. The van der Waals surface area contributed by atoms with Gasteiger partial charge in [-0.3, -0.25) is 4.90 Å². The number of nitrogens with one attached hydrogen (secondary N) is 1. The molecule has 3 rings (SSSR count). The minimum absolute atomic E-state index is 0.0777. The molecule has 25 heavy (non-hydrogen) atoms. The Morgan fingerprint density at radius 3 is 2.80 bits per heavy atom. The van der Waals surface area contributed by atoms with Crippen LogP contribution in [-0.4, -0.2) is 82.7 Å². The van der Waals surface area contributed by atoms with Gasteiger partial charge in [0.1, 0.15) is 0 Å². The summed E-state index contributed by atoms with van der Waals surface area (Å²) in [6.45, 7) is 12.5. The fraction of sp³-hybridized carbons (Fsp3) is 0.882. The second-order valence-corrected chi connectivity index (χ2v) is 8.23. The summed E-state index contributed by atoms with van der Waals surface area (Å²) in [5, 5.41) is 22.2. The number of nitrogens with zero attached hydrogens (tertiary/aromatic N) is 4. The SMILES string of the molecule is CC(C)(C)CN[C@@H]1[C@@H](O)CO[C@@H]1Cn1cc(CN2CCOCC2)nn1. The van der Waals surface area contributed by atoms with Crippen molar-refractivity contribution in [1.29, 1.82) is 0 Å². The van der Waals surface area contributed by atoms with Gasteiger partial charge in [-0.2, -0.15) is 0 Å². The van der Waals surface area contributed by atoms with E-state index in [9.17, 15) is 5.11 Å². The van der Waals surface area contributed by atoms with Gasteiger partial charge in [-0.15, -0.1) is 5.10 Å². The Kier molecular flexibility index (Phi) is 6.06. The standard InChI is InChI=1S/C17H31N5O3/c1-17(2,3)12-18-16-14(23)11-25-15(16)10-22-9-13(19-20-22)8-21-4-6-24-7-5-21/h9,14-16,18,23H,4-8,10-12H2,1-3H3/t14-,15+,16+/m0/s1. The molecule has 2 N–H and O–H groups in total. The normalized spacial score (nSPS) is 28.6. The molecule has 0 unspecified atom stereocenters. The summed E-state index contributed by atoms with van der Waals surface area (Å²) in [5.74, 6) is 0. The third-order valence-electron chi connectivity index (χ3n) is 4.61. The van der Waals surface area contributed by atoms with E-state index in [2.05, 4.69) is 41.3 Å². The molecule has 0 saturated carbocycles. The summed E-state index contributed by atoms with van der Waals surface area (Å²) in [6.07, 6.45) is 1.39. The van der Waals surface area contributed by atoms with Crippen LogP contribution in [0, 0.1) is 5.41 Å². The van der Waals surface area contributed by atoms with Gasteiger partial charge in [0.05, 0.1) is 50.3 Å². The summed E-state index contributed by atoms with van der Waals surface area (Å²) in [6, 6.07) is -0.0777. The van der Waals surface area contributed by atoms with Crippen LogP contribution in [0.2, 0.25) is 0 Å². The monoisotopic (exact) mass is 353 g/mol. The van der Waals surface area contributed by atoms with Crippen LogP contribution in [0.3, 0.4) is 0 Å². The summed E-state index contributed by atoms with van der Waals surface area (Å²) in [5.41, 5.74) is 1.12. The fourth-order valence-electron chi connectivity index (χ4n) is 3.21. The van der Waals surface area contributed by atoms with Gasteiger partial charge in [0, 0.05) is 32.4 Å². The number of aliphatic hydroxyl groups is 1. The number of ether oxygens (including phenoxy) is 2. The molecule has 8 heteroatoms. The first-order chi connectivity index (χ1) is 11.9. The second kappa shape index (κ2) is 8.09. The molecule has 2 aliphatic heterocycles. The third kappa shape index (κ3) is 5.46. The highest BCUT2D eigenvalue weighted by Gasteiger charge is 2.36. The number of morpholine rings is 1. The first kappa shape index (κ1) is 18.7. The Morgan fingerprint density at radius 1 is 1.32 bits per heavy atom. The molecule has 0 aliphatic carbocycles. The average Bonchev–Trinajstić information content (AvgIpc) is 3.13. The lowest BCUT2D eigenvalue weighted by molar-refractivity contribution is 0.0336. The van der Waals surface area contributed by atoms with Gasteiger partial charge < -0.3 is 19.9 Å². The summed E-state index contributed by atoms with van der Waals surface area (Å²) in [4.78, 5) is 2.32. The van der Waals surface area contributed by atoms with E-state index in [1.165, 1.54) is 0 Å². The lowest BCUT2D eigenvalue weighted by Crippen LogP contribution is -2.48. The molecule has 1 aromatic heterocycles. The van der Waals surface area contributed by atoms with Crippen LogP contribution in [0.15, 0.2) is 6.20 Å². The predicted octanol–water partition coefficient (Wildman–Crippen LogP) is -0.126. The van der Waals surface area contributed by atoms with Crippen LogP contribution in [0.1, 0.15) is 26.5 Å². The second-order valence-electron chi connectivity index (χ2n) is 8.23. The molecule has 2 saturated heterocycles. The molecule has 0 spiro atoms. The van der Waals surface area contributed by atoms with E-state index >= 15 is 0 Å². The molecular weight excluding hydrogens is 322 g/mol. The van der Waals surface area contributed by atoms with E-state index in [0.717, 1.165) is 45.1 Å². The highest BCUT2D eigenvalue weighted by atomic mass is 16.5. The number of hydrogen-bond donors (Lipinski definition) is 2. The van der Waals surface area contributed by atoms with E-state index in [4.69, 9.17) is 9.47 Å². The van der Waals surface area contributed by atoms with Crippen molar-refractivity contribution >= 4 is 0 Å². The molecule has 0 radical (unpaired) electrons. The van der Waals surface area contributed by atoms with Crippen LogP contribution in [-0.2, 0) is 22.6 Å². The Bertz CT molecular complexity index is 539. The Morgan fingerprint density at radius 2 is 2.08 bits per heavy atom. The highest BCUT2D eigenvalue weighted by molar-refractivity contribution is 4.95. The number of rotatable bonds is 6. The molecule has 3 atom stereocenters. The van der Waals surface area contributed by atoms with E-state index < -0.39 is 6.10 Å². The molecule has 2 aliphatic rings. The van der Waals surface area contributed by atoms with E-state index in [-0.39, 0.29) is 17.6 Å². The summed E-state index contributed by atoms with van der Waals surface area (Å²) >= 11 is 0. The maximum atomic E-state index is 10.2. The summed E-state index contributed by atoms with van der Waals surface area (Å²) in [7, 11) is 0. The maximum absolute atomic E-state index is 10.2. The quantitative estimate of drug-likeness (QED) is 0.737. The van der Waals surface area contributed by atoms with E-state index in [0.29, 0.717) is 13.2 Å². The Balaban J connectivity index is 1.53.